The van der Waals surface area contributed by atoms with Gasteiger partial charge in [-0.3, -0.25) is 14.2 Å². The molecule has 2 aliphatic heterocycles. The lowest BCUT2D eigenvalue weighted by molar-refractivity contribution is -0.133. The maximum atomic E-state index is 12.7. The Kier molecular flexibility index (Phi) is 6.27. The molecular formula is C25H31N13O. The summed E-state index contributed by atoms with van der Waals surface area (Å²) in [5.74, 6) is 0.495. The second kappa shape index (κ2) is 9.91. The molecule has 0 unspecified atom stereocenters. The standard InChI is InChI=1S/C25H31N13O/c1-27-19-12-29-38(15-19)25(5-6-26)17-35(18-25)21-4-3-7-37-23(21)31-24(32-37)30-20-13-28-36(14-20)16-22(39)34-10-8-33(2)9-11-34/h3-4,7,12-15,27H,5,8-11,16-18H2,1-2H3,(H,30,32). The van der Waals surface area contributed by atoms with Gasteiger partial charge < -0.3 is 25.3 Å². The minimum absolute atomic E-state index is 0.0626. The van der Waals surface area contributed by atoms with Gasteiger partial charge in [0.05, 0.1) is 41.9 Å². The number of nitrogens with one attached hydrogen (secondary N) is 2. The lowest BCUT2D eigenvalue weighted by atomic mass is 9.86. The Morgan fingerprint density at radius 3 is 2.67 bits per heavy atom. The number of carbonyl (C=O) groups excluding carboxylic acids is 1. The fraction of sp³-hybridized carbons (Fsp3) is 0.440. The third-order valence-electron chi connectivity index (χ3n) is 7.46. The van der Waals surface area contributed by atoms with Crippen LogP contribution in [0.1, 0.15) is 6.42 Å². The lowest BCUT2D eigenvalue weighted by Crippen LogP contribution is -2.63. The van der Waals surface area contributed by atoms with Gasteiger partial charge in [0.2, 0.25) is 11.9 Å². The zero-order chi connectivity index (χ0) is 27.0. The van der Waals surface area contributed by atoms with Crippen molar-refractivity contribution in [3.05, 3.63) is 43.1 Å². The van der Waals surface area contributed by atoms with Gasteiger partial charge in [0.1, 0.15) is 12.1 Å². The molecule has 0 radical (unpaired) electrons. The first-order valence-corrected chi connectivity index (χ1v) is 12.9. The molecule has 0 bridgehead atoms. The van der Waals surface area contributed by atoms with E-state index in [0.29, 0.717) is 36.8 Å². The molecule has 14 heteroatoms. The van der Waals surface area contributed by atoms with Crippen LogP contribution >= 0.6 is 0 Å². The van der Waals surface area contributed by atoms with Crippen LogP contribution in [-0.2, 0) is 16.9 Å². The molecule has 2 saturated heterocycles. The van der Waals surface area contributed by atoms with Crippen LogP contribution < -0.4 is 15.5 Å². The van der Waals surface area contributed by atoms with Crippen molar-refractivity contribution in [2.45, 2.75) is 18.5 Å². The summed E-state index contributed by atoms with van der Waals surface area (Å²) < 4.78 is 5.26. The van der Waals surface area contributed by atoms with Crippen LogP contribution in [0, 0.1) is 11.3 Å². The van der Waals surface area contributed by atoms with Crippen LogP contribution in [0.15, 0.2) is 43.1 Å². The van der Waals surface area contributed by atoms with E-state index < -0.39 is 5.54 Å². The van der Waals surface area contributed by atoms with Gasteiger partial charge in [-0.05, 0) is 19.2 Å². The molecule has 4 aromatic rings. The molecule has 0 aliphatic carbocycles. The Labute approximate surface area is 225 Å². The van der Waals surface area contributed by atoms with Crippen molar-refractivity contribution >= 4 is 34.6 Å². The quantitative estimate of drug-likeness (QED) is 0.337. The molecule has 0 saturated carbocycles. The summed E-state index contributed by atoms with van der Waals surface area (Å²) in [6.45, 7) is 4.71. The summed E-state index contributed by atoms with van der Waals surface area (Å²) in [6.07, 6.45) is 9.37. The number of piperazine rings is 1. The molecule has 6 heterocycles. The highest BCUT2D eigenvalue weighted by molar-refractivity contribution is 5.76. The third-order valence-corrected chi connectivity index (χ3v) is 7.46. The molecule has 14 nitrogen and oxygen atoms in total. The normalized spacial score (nSPS) is 17.2. The second-order valence-electron chi connectivity index (χ2n) is 10.2. The van der Waals surface area contributed by atoms with Crippen molar-refractivity contribution < 1.29 is 4.79 Å². The molecule has 4 aromatic heterocycles. The summed E-state index contributed by atoms with van der Waals surface area (Å²) in [6, 6.07) is 6.26. The average Bonchev–Trinajstić information content (AvgIpc) is 3.66. The highest BCUT2D eigenvalue weighted by Crippen LogP contribution is 2.37. The number of anilines is 4. The van der Waals surface area contributed by atoms with Crippen LogP contribution in [0.25, 0.3) is 5.65 Å². The molecule has 1 amide bonds. The summed E-state index contributed by atoms with van der Waals surface area (Å²) in [5, 5.41) is 29.2. The minimum Gasteiger partial charge on any atom is -0.386 e. The third kappa shape index (κ3) is 4.72. The van der Waals surface area contributed by atoms with E-state index in [2.05, 4.69) is 48.8 Å². The van der Waals surface area contributed by atoms with Crippen LogP contribution in [0.5, 0.6) is 0 Å². The molecule has 6 rings (SSSR count). The Balaban J connectivity index is 1.14. The van der Waals surface area contributed by atoms with Crippen molar-refractivity contribution in [2.24, 2.45) is 0 Å². The summed E-state index contributed by atoms with van der Waals surface area (Å²) in [7, 11) is 3.91. The maximum Gasteiger partial charge on any atom is 0.247 e. The molecule has 2 N–H and O–H groups in total. The SMILES string of the molecule is CNc1cnn(C2(CC#N)CN(c3cccn4nc(Nc5cnn(CC(=O)N6CCN(C)CC6)c5)nc34)C2)c1. The van der Waals surface area contributed by atoms with Gasteiger partial charge in [-0.15, -0.1) is 5.10 Å². The number of aromatic nitrogens is 7. The number of fused-ring (bicyclic) bond motifs is 1. The van der Waals surface area contributed by atoms with Gasteiger partial charge in [-0.2, -0.15) is 20.4 Å². The van der Waals surface area contributed by atoms with E-state index in [1.165, 1.54) is 0 Å². The predicted molar refractivity (Wildman–Crippen MR) is 145 cm³/mol. The Hall–Kier alpha value is -4.64. The molecular weight excluding hydrogens is 498 g/mol. The number of hydrogen-bond donors (Lipinski definition) is 2. The second-order valence-corrected chi connectivity index (χ2v) is 10.2. The van der Waals surface area contributed by atoms with Crippen LogP contribution in [0.4, 0.5) is 23.0 Å². The zero-order valence-electron chi connectivity index (χ0n) is 22.0. The largest absolute Gasteiger partial charge is 0.386 e. The Morgan fingerprint density at radius 2 is 1.92 bits per heavy atom. The number of carbonyl (C=O) groups is 1. The molecule has 2 fully saturated rings. The topological polar surface area (TPSA) is 140 Å². The average molecular weight is 530 g/mol. The molecule has 202 valence electrons. The van der Waals surface area contributed by atoms with Crippen LogP contribution in [-0.4, -0.2) is 103 Å². The number of hydrogen-bond acceptors (Lipinski definition) is 10. The smallest absolute Gasteiger partial charge is 0.247 e. The van der Waals surface area contributed by atoms with Gasteiger partial charge in [0.15, 0.2) is 5.65 Å². The van der Waals surface area contributed by atoms with Crippen LogP contribution in [0.3, 0.4) is 0 Å². The number of nitriles is 1. The van der Waals surface area contributed by atoms with Gasteiger partial charge in [-0.1, -0.05) is 0 Å². The van der Waals surface area contributed by atoms with Crippen LogP contribution in [0.2, 0.25) is 0 Å². The number of nitrogens with zero attached hydrogens (tertiary/aromatic N) is 11. The van der Waals surface area contributed by atoms with E-state index in [1.807, 2.05) is 41.2 Å². The van der Waals surface area contributed by atoms with Crippen molar-refractivity contribution in [2.75, 3.05) is 68.9 Å². The van der Waals surface area contributed by atoms with Crippen molar-refractivity contribution in [1.29, 1.82) is 5.26 Å². The number of rotatable bonds is 8. The predicted octanol–water partition coefficient (Wildman–Crippen LogP) is 0.811. The van der Waals surface area contributed by atoms with Gasteiger partial charge >= 0.3 is 0 Å². The van der Waals surface area contributed by atoms with Crippen molar-refractivity contribution in [3.63, 3.8) is 0 Å². The summed E-state index contributed by atoms with van der Waals surface area (Å²) in [4.78, 5) is 23.7. The van der Waals surface area contributed by atoms with E-state index in [4.69, 9.17) is 4.98 Å². The van der Waals surface area contributed by atoms with Crippen molar-refractivity contribution in [1.82, 2.24) is 44.0 Å². The summed E-state index contributed by atoms with van der Waals surface area (Å²) >= 11 is 0. The molecule has 0 aromatic carbocycles. The fourth-order valence-corrected chi connectivity index (χ4v) is 5.16. The highest BCUT2D eigenvalue weighted by Gasteiger charge is 2.46. The van der Waals surface area contributed by atoms with E-state index in [0.717, 1.165) is 37.6 Å². The van der Waals surface area contributed by atoms with Gasteiger partial charge in [-0.25, -0.2) is 4.52 Å². The fourth-order valence-electron chi connectivity index (χ4n) is 5.16. The number of pyridine rings is 1. The summed E-state index contributed by atoms with van der Waals surface area (Å²) in [5.41, 5.74) is 2.86. The maximum absolute atomic E-state index is 12.7. The lowest BCUT2D eigenvalue weighted by Gasteiger charge is -2.50. The first kappa shape index (κ1) is 24.7. The van der Waals surface area contributed by atoms with E-state index in [-0.39, 0.29) is 12.5 Å². The first-order chi connectivity index (χ1) is 19.0. The molecule has 0 atom stereocenters. The molecule has 39 heavy (non-hydrogen) atoms. The highest BCUT2D eigenvalue weighted by atomic mass is 16.2. The zero-order valence-corrected chi connectivity index (χ0v) is 22.0. The van der Waals surface area contributed by atoms with E-state index >= 15 is 0 Å². The van der Waals surface area contributed by atoms with Gasteiger partial charge in [0.25, 0.3) is 0 Å². The Bertz CT molecular complexity index is 1510. The first-order valence-electron chi connectivity index (χ1n) is 12.9. The van der Waals surface area contributed by atoms with E-state index in [1.54, 1.807) is 27.8 Å². The van der Waals surface area contributed by atoms with E-state index in [9.17, 15) is 10.1 Å². The molecule has 0 spiro atoms. The molecule has 2 aliphatic rings. The monoisotopic (exact) mass is 529 g/mol. The number of likely N-dealkylation sites (N-methyl/N-ethyl adjacent to an activating group) is 1. The van der Waals surface area contributed by atoms with Crippen molar-refractivity contribution in [3.8, 4) is 6.07 Å². The Morgan fingerprint density at radius 1 is 1.13 bits per heavy atom. The van der Waals surface area contributed by atoms with Gasteiger partial charge in [0, 0.05) is 64.9 Å². The number of amides is 1. The minimum atomic E-state index is -0.395.